The Kier molecular flexibility index (Phi) is 5.14. The zero-order valence-corrected chi connectivity index (χ0v) is 10.8. The molecular weight excluding hydrogens is 256 g/mol. The van der Waals surface area contributed by atoms with E-state index in [0.717, 1.165) is 25.7 Å². The SMILES string of the molecule is COC(=O)C=CCC(S(C)(=O)=O)S(C)(=O)=O. The third kappa shape index (κ3) is 5.26. The van der Waals surface area contributed by atoms with Gasteiger partial charge in [-0.15, -0.1) is 0 Å². The second-order valence-corrected chi connectivity index (χ2v) is 8.00. The second-order valence-electron chi connectivity index (χ2n) is 3.25. The Morgan fingerprint density at radius 1 is 1.19 bits per heavy atom. The molecular formula is C8H14O6S2. The molecule has 16 heavy (non-hydrogen) atoms. The maximum absolute atomic E-state index is 11.2. The van der Waals surface area contributed by atoms with E-state index in [1.165, 1.54) is 6.08 Å². The monoisotopic (exact) mass is 270 g/mol. The molecule has 0 amide bonds. The number of ether oxygens (including phenoxy) is 1. The molecule has 0 spiro atoms. The molecule has 0 fully saturated rings. The number of esters is 1. The van der Waals surface area contributed by atoms with Crippen LogP contribution in [0.2, 0.25) is 0 Å². The van der Waals surface area contributed by atoms with E-state index < -0.39 is 30.2 Å². The highest BCUT2D eigenvalue weighted by molar-refractivity contribution is 8.08. The Morgan fingerprint density at radius 3 is 1.94 bits per heavy atom. The molecule has 0 rings (SSSR count). The molecule has 0 aliphatic carbocycles. The van der Waals surface area contributed by atoms with Gasteiger partial charge in [-0.2, -0.15) is 0 Å². The van der Waals surface area contributed by atoms with Crippen molar-refractivity contribution in [2.75, 3.05) is 19.6 Å². The van der Waals surface area contributed by atoms with Crippen molar-refractivity contribution in [1.29, 1.82) is 0 Å². The molecule has 0 atom stereocenters. The van der Waals surface area contributed by atoms with Crippen molar-refractivity contribution in [3.63, 3.8) is 0 Å². The minimum Gasteiger partial charge on any atom is -0.466 e. The van der Waals surface area contributed by atoms with Gasteiger partial charge in [0.05, 0.1) is 7.11 Å². The highest BCUT2D eigenvalue weighted by atomic mass is 32.3. The summed E-state index contributed by atoms with van der Waals surface area (Å²) in [6.07, 6.45) is 3.56. The summed E-state index contributed by atoms with van der Waals surface area (Å²) >= 11 is 0. The van der Waals surface area contributed by atoms with Gasteiger partial charge in [-0.3, -0.25) is 0 Å². The van der Waals surface area contributed by atoms with Crippen LogP contribution in [0.5, 0.6) is 0 Å². The van der Waals surface area contributed by atoms with Crippen LogP contribution >= 0.6 is 0 Å². The van der Waals surface area contributed by atoms with Gasteiger partial charge in [-0.1, -0.05) is 6.08 Å². The van der Waals surface area contributed by atoms with E-state index in [0.29, 0.717) is 0 Å². The third-order valence-corrected chi connectivity index (χ3v) is 6.13. The van der Waals surface area contributed by atoms with Crippen molar-refractivity contribution in [2.45, 2.75) is 11.0 Å². The molecule has 0 aromatic heterocycles. The fraction of sp³-hybridized carbons (Fsp3) is 0.625. The molecule has 0 bridgehead atoms. The van der Waals surface area contributed by atoms with Crippen molar-refractivity contribution in [2.24, 2.45) is 0 Å². The predicted molar refractivity (Wildman–Crippen MR) is 59.2 cm³/mol. The summed E-state index contributed by atoms with van der Waals surface area (Å²) in [5.41, 5.74) is 0. The molecule has 94 valence electrons. The molecule has 0 saturated heterocycles. The number of hydrogen-bond donors (Lipinski definition) is 0. The van der Waals surface area contributed by atoms with Gasteiger partial charge in [0, 0.05) is 18.6 Å². The average molecular weight is 270 g/mol. The van der Waals surface area contributed by atoms with Crippen molar-refractivity contribution >= 4 is 25.6 Å². The predicted octanol–water partition coefficient (Wildman–Crippen LogP) is -0.479. The van der Waals surface area contributed by atoms with Crippen LogP contribution in [0.15, 0.2) is 12.2 Å². The van der Waals surface area contributed by atoms with E-state index in [1.807, 2.05) is 0 Å². The number of carbonyl (C=O) groups is 1. The Morgan fingerprint density at radius 2 is 1.62 bits per heavy atom. The van der Waals surface area contributed by atoms with E-state index in [9.17, 15) is 21.6 Å². The summed E-state index contributed by atoms with van der Waals surface area (Å²) in [4.78, 5) is 10.7. The summed E-state index contributed by atoms with van der Waals surface area (Å²) in [6.45, 7) is 0. The van der Waals surface area contributed by atoms with E-state index in [-0.39, 0.29) is 6.42 Å². The van der Waals surface area contributed by atoms with Gasteiger partial charge in [0.25, 0.3) is 0 Å². The first-order chi connectivity index (χ1) is 7.09. The number of methoxy groups -OCH3 is 1. The molecule has 0 aromatic carbocycles. The van der Waals surface area contributed by atoms with Crippen LogP contribution in [0.4, 0.5) is 0 Å². The van der Waals surface area contributed by atoms with Gasteiger partial charge < -0.3 is 4.74 Å². The summed E-state index contributed by atoms with van der Waals surface area (Å²) in [7, 11) is -6.27. The molecule has 0 unspecified atom stereocenters. The minimum absolute atomic E-state index is 0.271. The summed E-state index contributed by atoms with van der Waals surface area (Å²) < 4.78 is 47.5. The van der Waals surface area contributed by atoms with Crippen LogP contribution in [0.3, 0.4) is 0 Å². The van der Waals surface area contributed by atoms with E-state index >= 15 is 0 Å². The second kappa shape index (κ2) is 5.44. The Balaban J connectivity index is 4.89. The van der Waals surface area contributed by atoms with Crippen LogP contribution in [-0.2, 0) is 29.2 Å². The molecule has 6 nitrogen and oxygen atoms in total. The number of allylic oxidation sites excluding steroid dienone is 1. The van der Waals surface area contributed by atoms with Crippen molar-refractivity contribution in [3.8, 4) is 0 Å². The first-order valence-electron chi connectivity index (χ1n) is 4.21. The zero-order chi connectivity index (χ0) is 13.0. The Bertz CT molecular complexity index is 439. The van der Waals surface area contributed by atoms with Gasteiger partial charge in [0.2, 0.25) is 0 Å². The smallest absolute Gasteiger partial charge is 0.330 e. The number of hydrogen-bond acceptors (Lipinski definition) is 6. The largest absolute Gasteiger partial charge is 0.466 e. The van der Waals surface area contributed by atoms with Gasteiger partial charge in [-0.25, -0.2) is 21.6 Å². The van der Waals surface area contributed by atoms with Gasteiger partial charge in [0.1, 0.15) is 0 Å². The topological polar surface area (TPSA) is 94.6 Å². The van der Waals surface area contributed by atoms with Crippen LogP contribution in [-0.4, -0.2) is 47.0 Å². The van der Waals surface area contributed by atoms with Crippen molar-refractivity contribution < 1.29 is 26.4 Å². The minimum atomic E-state index is -3.72. The van der Waals surface area contributed by atoms with Crippen molar-refractivity contribution in [3.05, 3.63) is 12.2 Å². The molecule has 0 radical (unpaired) electrons. The summed E-state index contributed by atoms with van der Waals surface area (Å²) in [6, 6.07) is 0. The highest BCUT2D eigenvalue weighted by Gasteiger charge is 2.29. The molecule has 0 heterocycles. The molecule has 0 N–H and O–H groups in total. The quantitative estimate of drug-likeness (QED) is 0.494. The maximum Gasteiger partial charge on any atom is 0.330 e. The highest BCUT2D eigenvalue weighted by Crippen LogP contribution is 2.12. The molecule has 0 aliphatic rings. The Labute approximate surface area is 95.1 Å². The number of sulfone groups is 2. The van der Waals surface area contributed by atoms with E-state index in [4.69, 9.17) is 0 Å². The average Bonchev–Trinajstić information content (AvgIpc) is 2.07. The van der Waals surface area contributed by atoms with Gasteiger partial charge >= 0.3 is 5.97 Å². The lowest BCUT2D eigenvalue weighted by atomic mass is 10.4. The van der Waals surface area contributed by atoms with Gasteiger partial charge in [-0.05, 0) is 6.42 Å². The fourth-order valence-corrected chi connectivity index (χ4v) is 4.47. The lowest BCUT2D eigenvalue weighted by Crippen LogP contribution is -2.28. The number of rotatable bonds is 5. The lowest BCUT2D eigenvalue weighted by molar-refractivity contribution is -0.134. The summed E-state index contributed by atoms with van der Waals surface area (Å²) in [5.74, 6) is -0.666. The third-order valence-electron chi connectivity index (χ3n) is 1.74. The molecule has 0 aromatic rings. The maximum atomic E-state index is 11.2. The normalized spacial score (nSPS) is 13.2. The standard InChI is InChI=1S/C8H14O6S2/c1-14-7(9)5-4-6-8(15(2,10)11)16(3,12)13/h4-5,8H,6H2,1-3H3. The Hall–Kier alpha value is -0.890. The summed E-state index contributed by atoms with van der Waals surface area (Å²) in [5, 5.41) is 0. The van der Waals surface area contributed by atoms with Crippen LogP contribution in [0, 0.1) is 0 Å². The molecule has 0 saturated carbocycles. The first-order valence-corrected chi connectivity index (χ1v) is 8.12. The van der Waals surface area contributed by atoms with Crippen LogP contribution < -0.4 is 0 Å². The van der Waals surface area contributed by atoms with Crippen LogP contribution in [0.1, 0.15) is 6.42 Å². The lowest BCUT2D eigenvalue weighted by Gasteiger charge is -2.10. The van der Waals surface area contributed by atoms with E-state index in [1.54, 1.807) is 0 Å². The molecule has 8 heteroatoms. The fourth-order valence-electron chi connectivity index (χ4n) is 1.01. The van der Waals surface area contributed by atoms with E-state index in [2.05, 4.69) is 4.74 Å². The first kappa shape index (κ1) is 15.1. The zero-order valence-electron chi connectivity index (χ0n) is 9.21. The van der Waals surface area contributed by atoms with Crippen LogP contribution in [0.25, 0.3) is 0 Å². The van der Waals surface area contributed by atoms with Crippen molar-refractivity contribution in [1.82, 2.24) is 0 Å². The molecule has 0 aliphatic heterocycles. The van der Waals surface area contributed by atoms with Gasteiger partial charge in [0.15, 0.2) is 24.3 Å². The number of carbonyl (C=O) groups excluding carboxylic acids is 1.